The zero-order chi connectivity index (χ0) is 9.86. The summed E-state index contributed by atoms with van der Waals surface area (Å²) in [6.07, 6.45) is 7.00. The van der Waals surface area contributed by atoms with E-state index >= 15 is 0 Å². The van der Waals surface area contributed by atoms with E-state index in [4.69, 9.17) is 0 Å². The lowest BCUT2D eigenvalue weighted by atomic mass is 10.2. The first kappa shape index (κ1) is 9.21. The highest BCUT2D eigenvalue weighted by Gasteiger charge is 2.36. The van der Waals surface area contributed by atoms with Crippen molar-refractivity contribution in [3.63, 3.8) is 0 Å². The maximum Gasteiger partial charge on any atom is 0.253 e. The molecule has 2 heterocycles. The van der Waals surface area contributed by atoms with Crippen LogP contribution < -0.4 is 5.32 Å². The molecular formula is C9H13N5. The predicted molar refractivity (Wildman–Crippen MR) is 58.6 cm³/mol. The summed E-state index contributed by atoms with van der Waals surface area (Å²) in [5.74, 6) is -0.670. The van der Waals surface area contributed by atoms with Crippen LogP contribution in [0.1, 0.15) is 19.8 Å². The minimum atomic E-state index is -0.670. The molecule has 5 heteroatoms. The molecule has 0 spiro atoms. The lowest BCUT2D eigenvalue weighted by molar-refractivity contribution is 0.469. The van der Waals surface area contributed by atoms with Crippen molar-refractivity contribution >= 4 is 24.6 Å². The topological polar surface area (TPSA) is 61.5 Å². The average Bonchev–Trinajstić information content (AvgIpc) is 2.62. The van der Waals surface area contributed by atoms with Crippen LogP contribution in [0.25, 0.3) is 0 Å². The smallest absolute Gasteiger partial charge is 0.253 e. The number of hydrogen-bond acceptors (Lipinski definition) is 5. The van der Waals surface area contributed by atoms with Crippen molar-refractivity contribution in [3.05, 3.63) is 0 Å². The van der Waals surface area contributed by atoms with Gasteiger partial charge in [0.25, 0.3) is 5.79 Å². The Morgan fingerprint density at radius 3 is 3.07 bits per heavy atom. The fraction of sp³-hybridized carbons (Fsp3) is 0.556. The summed E-state index contributed by atoms with van der Waals surface area (Å²) in [5.41, 5.74) is 0.774. The van der Waals surface area contributed by atoms with Crippen molar-refractivity contribution in [3.8, 4) is 0 Å². The largest absolute Gasteiger partial charge is 0.269 e. The lowest BCUT2D eigenvalue weighted by Crippen LogP contribution is -2.49. The first-order valence-electron chi connectivity index (χ1n) is 4.81. The van der Waals surface area contributed by atoms with Gasteiger partial charge in [-0.1, -0.05) is 13.3 Å². The molecule has 1 N–H and O–H groups in total. The van der Waals surface area contributed by atoms with Crippen LogP contribution in [0.2, 0.25) is 0 Å². The van der Waals surface area contributed by atoms with Crippen molar-refractivity contribution < 1.29 is 0 Å². The normalized spacial score (nSPS) is 27.9. The number of fused-ring (bicyclic) bond motifs is 1. The van der Waals surface area contributed by atoms with Crippen molar-refractivity contribution in [2.24, 2.45) is 20.0 Å². The molecule has 0 saturated heterocycles. The van der Waals surface area contributed by atoms with E-state index in [-0.39, 0.29) is 0 Å². The fourth-order valence-electron chi connectivity index (χ4n) is 1.40. The molecule has 0 bridgehead atoms. The van der Waals surface area contributed by atoms with Gasteiger partial charge in [-0.05, 0) is 13.0 Å². The van der Waals surface area contributed by atoms with E-state index in [0.717, 1.165) is 25.1 Å². The summed E-state index contributed by atoms with van der Waals surface area (Å²) in [7, 11) is 0. The third-order valence-electron chi connectivity index (χ3n) is 2.21. The Labute approximate surface area is 82.8 Å². The minimum absolute atomic E-state index is 0.670. The average molecular weight is 191 g/mol. The molecule has 2 rings (SSSR count). The fourth-order valence-corrected chi connectivity index (χ4v) is 1.40. The lowest BCUT2D eigenvalue weighted by Gasteiger charge is -2.24. The standard InChI is InChI=1S/C9H13N5/c1-2-3-4-12-9-8(11-7-14-9)5-10-6-13-9/h5-7,12H,2-4H2,1H3. The van der Waals surface area contributed by atoms with Gasteiger partial charge in [-0.15, -0.1) is 0 Å². The third-order valence-corrected chi connectivity index (χ3v) is 2.21. The number of unbranched alkanes of at least 4 members (excludes halogenated alkanes) is 1. The van der Waals surface area contributed by atoms with Gasteiger partial charge < -0.3 is 0 Å². The van der Waals surface area contributed by atoms with Crippen molar-refractivity contribution in [2.45, 2.75) is 25.6 Å². The van der Waals surface area contributed by atoms with Crippen LogP contribution in [0.5, 0.6) is 0 Å². The third kappa shape index (κ3) is 1.50. The Morgan fingerprint density at radius 1 is 1.36 bits per heavy atom. The van der Waals surface area contributed by atoms with Crippen molar-refractivity contribution in [1.82, 2.24) is 5.32 Å². The summed E-state index contributed by atoms with van der Waals surface area (Å²) >= 11 is 0. The highest BCUT2D eigenvalue weighted by Crippen LogP contribution is 2.17. The van der Waals surface area contributed by atoms with E-state index in [0.29, 0.717) is 0 Å². The Balaban J connectivity index is 2.07. The molecule has 1 unspecified atom stereocenters. The summed E-state index contributed by atoms with van der Waals surface area (Å²) in [5, 5.41) is 3.28. The number of aliphatic imine (C=N–C) groups is 4. The van der Waals surface area contributed by atoms with E-state index in [2.05, 4.69) is 32.2 Å². The van der Waals surface area contributed by atoms with Gasteiger partial charge in [0.15, 0.2) is 0 Å². The predicted octanol–water partition coefficient (Wildman–Crippen LogP) is 0.625. The van der Waals surface area contributed by atoms with E-state index < -0.39 is 5.79 Å². The van der Waals surface area contributed by atoms with Crippen molar-refractivity contribution in [1.29, 1.82) is 0 Å². The van der Waals surface area contributed by atoms with E-state index in [1.54, 1.807) is 6.21 Å². The summed E-state index contributed by atoms with van der Waals surface area (Å²) < 4.78 is 0. The Bertz CT molecular complexity index is 328. The number of hydrogen-bond donors (Lipinski definition) is 1. The van der Waals surface area contributed by atoms with Gasteiger partial charge in [-0.25, -0.2) is 20.0 Å². The second-order valence-electron chi connectivity index (χ2n) is 3.23. The first-order chi connectivity index (χ1) is 6.87. The molecular weight excluding hydrogens is 178 g/mol. The van der Waals surface area contributed by atoms with Crippen LogP contribution in [-0.2, 0) is 0 Å². The van der Waals surface area contributed by atoms with Crippen LogP contribution >= 0.6 is 0 Å². The molecule has 0 fully saturated rings. The van der Waals surface area contributed by atoms with Gasteiger partial charge in [0.1, 0.15) is 18.4 Å². The summed E-state index contributed by atoms with van der Waals surface area (Å²) in [4.78, 5) is 16.5. The Hall–Kier alpha value is -1.36. The summed E-state index contributed by atoms with van der Waals surface area (Å²) in [6, 6.07) is 0. The van der Waals surface area contributed by atoms with E-state index in [9.17, 15) is 0 Å². The van der Waals surface area contributed by atoms with Crippen LogP contribution in [0, 0.1) is 0 Å². The molecule has 0 aromatic carbocycles. The van der Waals surface area contributed by atoms with Crippen molar-refractivity contribution in [2.75, 3.05) is 6.54 Å². The number of nitrogens with one attached hydrogen (secondary N) is 1. The molecule has 2 aliphatic heterocycles. The number of nitrogens with zero attached hydrogens (tertiary/aromatic N) is 4. The van der Waals surface area contributed by atoms with Crippen LogP contribution in [-0.4, -0.2) is 36.9 Å². The highest BCUT2D eigenvalue weighted by molar-refractivity contribution is 6.39. The molecule has 74 valence electrons. The van der Waals surface area contributed by atoms with E-state index in [1.807, 2.05) is 0 Å². The minimum Gasteiger partial charge on any atom is -0.269 e. The maximum absolute atomic E-state index is 4.23. The van der Waals surface area contributed by atoms with Gasteiger partial charge in [0.05, 0.1) is 6.21 Å². The van der Waals surface area contributed by atoms with Crippen LogP contribution in [0.15, 0.2) is 20.0 Å². The molecule has 0 aromatic heterocycles. The monoisotopic (exact) mass is 191 g/mol. The zero-order valence-corrected chi connectivity index (χ0v) is 8.14. The first-order valence-corrected chi connectivity index (χ1v) is 4.81. The van der Waals surface area contributed by atoms with Gasteiger partial charge in [-0.3, -0.25) is 5.32 Å². The highest BCUT2D eigenvalue weighted by atomic mass is 15.3. The molecule has 0 amide bonds. The maximum atomic E-state index is 4.23. The number of rotatable bonds is 4. The second-order valence-corrected chi connectivity index (χ2v) is 3.23. The Morgan fingerprint density at radius 2 is 2.21 bits per heavy atom. The molecule has 5 nitrogen and oxygen atoms in total. The molecule has 0 aliphatic carbocycles. The van der Waals surface area contributed by atoms with Gasteiger partial charge in [0, 0.05) is 0 Å². The van der Waals surface area contributed by atoms with Gasteiger partial charge in [0.2, 0.25) is 0 Å². The van der Waals surface area contributed by atoms with E-state index in [1.165, 1.54) is 12.7 Å². The molecule has 14 heavy (non-hydrogen) atoms. The Kier molecular flexibility index (Phi) is 2.49. The van der Waals surface area contributed by atoms with Gasteiger partial charge >= 0.3 is 0 Å². The summed E-state index contributed by atoms with van der Waals surface area (Å²) in [6.45, 7) is 3.04. The molecule has 0 radical (unpaired) electrons. The molecule has 0 saturated carbocycles. The zero-order valence-electron chi connectivity index (χ0n) is 8.14. The SMILES string of the molecule is CCCCNC12N=CN=CC1=NC=N2. The molecule has 1 atom stereocenters. The quantitative estimate of drug-likeness (QED) is 0.651. The van der Waals surface area contributed by atoms with Gasteiger partial charge in [-0.2, -0.15) is 0 Å². The molecule has 2 aliphatic rings. The second kappa shape index (κ2) is 3.79. The van der Waals surface area contributed by atoms with Crippen LogP contribution in [0.3, 0.4) is 0 Å². The molecule has 0 aromatic rings. The van der Waals surface area contributed by atoms with Crippen LogP contribution in [0.4, 0.5) is 0 Å².